The number of allylic oxidation sites excluding steroid dienone is 1. The van der Waals surface area contributed by atoms with Crippen LogP contribution in [0.2, 0.25) is 0 Å². The molecule has 1 aliphatic heterocycles. The first-order valence-electron chi connectivity index (χ1n) is 9.91. The van der Waals surface area contributed by atoms with Crippen molar-refractivity contribution in [2.75, 3.05) is 23.4 Å². The zero-order chi connectivity index (χ0) is 22.8. The van der Waals surface area contributed by atoms with Gasteiger partial charge in [0.25, 0.3) is 0 Å². The van der Waals surface area contributed by atoms with Crippen LogP contribution in [0.1, 0.15) is 31.1 Å². The van der Waals surface area contributed by atoms with E-state index in [2.05, 4.69) is 20.4 Å². The standard InChI is InChI=1S/C21H21FN6O3S/c1-4-31-19(30)17-13(3)27(9-16(29)26-20-25-12(2)10-32-20)21-23-11-24-28(21)18(17)14-5-7-15(22)8-6-14/h5-8,10-11,18H,4,9H2,1-3H3,(H,25,26,29)/t18-/m1/s1. The molecule has 0 fully saturated rings. The monoisotopic (exact) mass is 456 g/mol. The Kier molecular flexibility index (Phi) is 5.99. The summed E-state index contributed by atoms with van der Waals surface area (Å²) in [5.74, 6) is -0.869. The molecule has 0 saturated heterocycles. The van der Waals surface area contributed by atoms with Gasteiger partial charge in [0.1, 0.15) is 24.7 Å². The molecule has 1 aromatic carbocycles. The molecule has 0 spiro atoms. The van der Waals surface area contributed by atoms with E-state index in [1.54, 1.807) is 30.9 Å². The molecule has 1 aliphatic rings. The Morgan fingerprint density at radius 2 is 2.00 bits per heavy atom. The number of hydrogen-bond acceptors (Lipinski definition) is 8. The van der Waals surface area contributed by atoms with E-state index in [1.165, 1.54) is 34.5 Å². The Morgan fingerprint density at radius 1 is 1.25 bits per heavy atom. The fraction of sp³-hybridized carbons (Fsp3) is 0.286. The number of ether oxygens (including phenoxy) is 1. The number of thiazole rings is 1. The van der Waals surface area contributed by atoms with Crippen molar-refractivity contribution in [2.24, 2.45) is 0 Å². The zero-order valence-electron chi connectivity index (χ0n) is 17.7. The van der Waals surface area contributed by atoms with Gasteiger partial charge in [-0.05, 0) is 38.5 Å². The molecule has 166 valence electrons. The first-order valence-corrected chi connectivity index (χ1v) is 10.8. The molecule has 3 aromatic rings. The van der Waals surface area contributed by atoms with Crippen LogP contribution in [0.5, 0.6) is 0 Å². The Bertz CT molecular complexity index is 1190. The predicted molar refractivity (Wildman–Crippen MR) is 117 cm³/mol. The summed E-state index contributed by atoms with van der Waals surface area (Å²) in [4.78, 5) is 35.9. The molecule has 0 unspecified atom stereocenters. The Hall–Kier alpha value is -3.60. The molecule has 2 aromatic heterocycles. The third-order valence-corrected chi connectivity index (χ3v) is 5.83. The van der Waals surface area contributed by atoms with Gasteiger partial charge in [0.05, 0.1) is 17.9 Å². The highest BCUT2D eigenvalue weighted by Crippen LogP contribution is 2.38. The number of esters is 1. The maximum Gasteiger partial charge on any atom is 0.338 e. The van der Waals surface area contributed by atoms with Gasteiger partial charge in [0, 0.05) is 11.1 Å². The van der Waals surface area contributed by atoms with Crippen LogP contribution in [-0.2, 0) is 14.3 Å². The lowest BCUT2D eigenvalue weighted by atomic mass is 9.95. The summed E-state index contributed by atoms with van der Waals surface area (Å²) in [7, 11) is 0. The fourth-order valence-corrected chi connectivity index (χ4v) is 4.26. The van der Waals surface area contributed by atoms with E-state index in [-0.39, 0.29) is 19.1 Å². The lowest BCUT2D eigenvalue weighted by Gasteiger charge is -2.34. The second-order valence-electron chi connectivity index (χ2n) is 7.11. The highest BCUT2D eigenvalue weighted by molar-refractivity contribution is 7.13. The van der Waals surface area contributed by atoms with Crippen LogP contribution >= 0.6 is 11.3 Å². The molecule has 1 N–H and O–H groups in total. The number of amides is 1. The fourth-order valence-electron chi connectivity index (χ4n) is 3.56. The minimum atomic E-state index is -0.673. The summed E-state index contributed by atoms with van der Waals surface area (Å²) in [5.41, 5.74) is 2.26. The summed E-state index contributed by atoms with van der Waals surface area (Å²) in [6, 6.07) is 5.14. The maximum atomic E-state index is 13.5. The first kappa shape index (κ1) is 21.6. The number of aryl methyl sites for hydroxylation is 1. The van der Waals surface area contributed by atoms with Gasteiger partial charge in [-0.2, -0.15) is 10.1 Å². The van der Waals surface area contributed by atoms with Crippen LogP contribution in [0.3, 0.4) is 0 Å². The molecule has 1 amide bonds. The zero-order valence-corrected chi connectivity index (χ0v) is 18.5. The van der Waals surface area contributed by atoms with Gasteiger partial charge in [0.2, 0.25) is 11.9 Å². The third kappa shape index (κ3) is 4.11. The molecule has 3 heterocycles. The average molecular weight is 457 g/mol. The summed E-state index contributed by atoms with van der Waals surface area (Å²) in [6.07, 6.45) is 1.35. The van der Waals surface area contributed by atoms with E-state index >= 15 is 0 Å². The number of anilines is 2. The highest BCUT2D eigenvalue weighted by atomic mass is 32.1. The predicted octanol–water partition coefficient (Wildman–Crippen LogP) is 3.07. The second-order valence-corrected chi connectivity index (χ2v) is 7.96. The van der Waals surface area contributed by atoms with Crippen molar-refractivity contribution in [2.45, 2.75) is 26.8 Å². The average Bonchev–Trinajstić information content (AvgIpc) is 3.39. The molecule has 11 heteroatoms. The lowest BCUT2D eigenvalue weighted by molar-refractivity contribution is -0.139. The molecule has 1 atom stereocenters. The van der Waals surface area contributed by atoms with E-state index in [4.69, 9.17) is 4.74 Å². The molecule has 4 rings (SSSR count). The van der Waals surface area contributed by atoms with E-state index in [0.29, 0.717) is 27.9 Å². The van der Waals surface area contributed by atoms with Gasteiger partial charge < -0.3 is 15.0 Å². The topological polar surface area (TPSA) is 102 Å². The number of halogens is 1. The Morgan fingerprint density at radius 3 is 2.66 bits per heavy atom. The molecular formula is C21H21FN6O3S. The Balaban J connectivity index is 1.73. The molecule has 32 heavy (non-hydrogen) atoms. The summed E-state index contributed by atoms with van der Waals surface area (Å²) >= 11 is 1.33. The molecule has 0 radical (unpaired) electrons. The summed E-state index contributed by atoms with van der Waals surface area (Å²) < 4.78 is 20.4. The van der Waals surface area contributed by atoms with Gasteiger partial charge >= 0.3 is 5.97 Å². The smallest absolute Gasteiger partial charge is 0.338 e. The summed E-state index contributed by atoms with van der Waals surface area (Å²) in [6.45, 7) is 5.35. The molecule has 0 bridgehead atoms. The van der Waals surface area contributed by atoms with Crippen molar-refractivity contribution in [1.29, 1.82) is 0 Å². The number of carbonyl (C=O) groups is 2. The SMILES string of the molecule is CCOC(=O)C1=C(C)N(CC(=O)Nc2nc(C)cs2)c2ncnn2[C@@H]1c1ccc(F)cc1. The number of carbonyl (C=O) groups excluding carboxylic acids is 2. The molecule has 9 nitrogen and oxygen atoms in total. The van der Waals surface area contributed by atoms with Crippen LogP contribution in [0.4, 0.5) is 15.5 Å². The Labute approximate surface area is 187 Å². The number of aromatic nitrogens is 4. The van der Waals surface area contributed by atoms with Gasteiger partial charge in [0.15, 0.2) is 5.13 Å². The first-order chi connectivity index (χ1) is 15.4. The van der Waals surface area contributed by atoms with Crippen LogP contribution in [-0.4, -0.2) is 44.8 Å². The third-order valence-electron chi connectivity index (χ3n) is 4.96. The maximum absolute atomic E-state index is 13.5. The van der Waals surface area contributed by atoms with E-state index in [1.807, 2.05) is 12.3 Å². The van der Waals surface area contributed by atoms with Gasteiger partial charge in [-0.15, -0.1) is 11.3 Å². The number of nitrogens with one attached hydrogen (secondary N) is 1. The molecule has 0 saturated carbocycles. The van der Waals surface area contributed by atoms with E-state index in [9.17, 15) is 14.0 Å². The van der Waals surface area contributed by atoms with Crippen molar-refractivity contribution in [1.82, 2.24) is 19.7 Å². The summed E-state index contributed by atoms with van der Waals surface area (Å²) in [5, 5.41) is 9.38. The minimum Gasteiger partial charge on any atom is -0.463 e. The molecular weight excluding hydrogens is 435 g/mol. The normalized spacial score (nSPS) is 15.5. The van der Waals surface area contributed by atoms with E-state index in [0.717, 1.165) is 5.69 Å². The number of rotatable bonds is 6. The van der Waals surface area contributed by atoms with Crippen molar-refractivity contribution < 1.29 is 18.7 Å². The number of fused-ring (bicyclic) bond motifs is 1. The largest absolute Gasteiger partial charge is 0.463 e. The van der Waals surface area contributed by atoms with Gasteiger partial charge in [-0.25, -0.2) is 18.9 Å². The van der Waals surface area contributed by atoms with Crippen LogP contribution in [0.25, 0.3) is 0 Å². The van der Waals surface area contributed by atoms with Gasteiger partial charge in [-0.3, -0.25) is 4.79 Å². The number of nitrogens with zero attached hydrogens (tertiary/aromatic N) is 5. The van der Waals surface area contributed by atoms with Crippen molar-refractivity contribution >= 4 is 34.3 Å². The van der Waals surface area contributed by atoms with Crippen LogP contribution in [0, 0.1) is 12.7 Å². The van der Waals surface area contributed by atoms with Crippen LogP contribution in [0.15, 0.2) is 47.2 Å². The number of benzene rings is 1. The van der Waals surface area contributed by atoms with Crippen molar-refractivity contribution in [3.05, 3.63) is 64.3 Å². The number of hydrogen-bond donors (Lipinski definition) is 1. The van der Waals surface area contributed by atoms with Gasteiger partial charge in [-0.1, -0.05) is 12.1 Å². The van der Waals surface area contributed by atoms with Crippen molar-refractivity contribution in [3.63, 3.8) is 0 Å². The van der Waals surface area contributed by atoms with Crippen LogP contribution < -0.4 is 10.2 Å². The second kappa shape index (κ2) is 8.87. The molecule has 0 aliphatic carbocycles. The van der Waals surface area contributed by atoms with E-state index < -0.39 is 17.8 Å². The lowest BCUT2D eigenvalue weighted by Crippen LogP contribution is -2.40. The minimum absolute atomic E-state index is 0.109. The quantitative estimate of drug-likeness (QED) is 0.569. The highest BCUT2D eigenvalue weighted by Gasteiger charge is 2.38. The van der Waals surface area contributed by atoms with Crippen molar-refractivity contribution in [3.8, 4) is 0 Å².